The number of ether oxygens (including phenoxy) is 1. The second kappa shape index (κ2) is 6.06. The highest BCUT2D eigenvalue weighted by molar-refractivity contribution is 6.03. The van der Waals surface area contributed by atoms with Gasteiger partial charge in [-0.1, -0.05) is 0 Å². The summed E-state index contributed by atoms with van der Waals surface area (Å²) >= 11 is 0. The molecule has 1 aromatic heterocycles. The van der Waals surface area contributed by atoms with Gasteiger partial charge in [0.05, 0.1) is 0 Å². The average molecular weight is 353 g/mol. The minimum absolute atomic E-state index is 0.0734. The van der Waals surface area contributed by atoms with Crippen LogP contribution < -0.4 is 10.1 Å². The Morgan fingerprint density at radius 2 is 1.71 bits per heavy atom. The molecule has 0 saturated carbocycles. The first-order chi connectivity index (χ1) is 11.0. The van der Waals surface area contributed by atoms with E-state index in [-0.39, 0.29) is 11.4 Å². The molecule has 1 heterocycles. The normalized spacial score (nSPS) is 12.1. The standard InChI is InChI=1S/C13H9F6N3O2/c1-22-9(6-10(21-22)12(14,15)16)11(23)20-7-2-4-8(5-3-7)24-13(17,18)19/h2-6H,1H3,(H,20,23). The molecule has 0 unspecified atom stereocenters. The van der Waals surface area contributed by atoms with Gasteiger partial charge in [0.2, 0.25) is 0 Å². The first kappa shape index (κ1) is 17.6. The number of aromatic nitrogens is 2. The molecule has 0 saturated heterocycles. The van der Waals surface area contributed by atoms with Crippen LogP contribution in [-0.2, 0) is 13.2 Å². The van der Waals surface area contributed by atoms with Crippen molar-refractivity contribution in [2.24, 2.45) is 7.05 Å². The topological polar surface area (TPSA) is 56.2 Å². The Bertz CT molecular complexity index is 734. The number of nitrogens with zero attached hydrogens (tertiary/aromatic N) is 2. The number of anilines is 1. The molecule has 0 fully saturated rings. The maximum atomic E-state index is 12.5. The summed E-state index contributed by atoms with van der Waals surface area (Å²) in [6, 6.07) is 4.69. The minimum atomic E-state index is -4.85. The molecule has 1 N–H and O–H groups in total. The maximum absolute atomic E-state index is 12.5. The Morgan fingerprint density at radius 3 is 2.17 bits per heavy atom. The smallest absolute Gasteiger partial charge is 0.406 e. The predicted molar refractivity (Wildman–Crippen MR) is 69.3 cm³/mol. The molecule has 0 aliphatic carbocycles. The van der Waals surface area contributed by atoms with Gasteiger partial charge in [0.15, 0.2) is 5.69 Å². The number of hydrogen-bond acceptors (Lipinski definition) is 3. The molecule has 24 heavy (non-hydrogen) atoms. The van der Waals surface area contributed by atoms with Crippen LogP contribution in [0.25, 0.3) is 0 Å². The Labute approximate surface area is 130 Å². The minimum Gasteiger partial charge on any atom is -0.406 e. The lowest BCUT2D eigenvalue weighted by molar-refractivity contribution is -0.274. The molecule has 2 rings (SSSR count). The molecule has 11 heteroatoms. The van der Waals surface area contributed by atoms with Crippen LogP contribution >= 0.6 is 0 Å². The van der Waals surface area contributed by atoms with E-state index < -0.39 is 29.9 Å². The van der Waals surface area contributed by atoms with Crippen LogP contribution in [0.5, 0.6) is 5.75 Å². The lowest BCUT2D eigenvalue weighted by Gasteiger charge is -2.10. The molecule has 1 amide bonds. The lowest BCUT2D eigenvalue weighted by atomic mass is 10.2. The maximum Gasteiger partial charge on any atom is 0.573 e. The molecular weight excluding hydrogens is 344 g/mol. The summed E-state index contributed by atoms with van der Waals surface area (Å²) in [5, 5.41) is 5.43. The van der Waals surface area contributed by atoms with E-state index in [0.717, 1.165) is 36.0 Å². The molecule has 0 radical (unpaired) electrons. The van der Waals surface area contributed by atoms with E-state index >= 15 is 0 Å². The van der Waals surface area contributed by atoms with Crippen LogP contribution in [0, 0.1) is 0 Å². The fourth-order valence-electron chi connectivity index (χ4n) is 1.75. The van der Waals surface area contributed by atoms with Crippen molar-refractivity contribution in [2.45, 2.75) is 12.5 Å². The van der Waals surface area contributed by atoms with Crippen molar-refractivity contribution in [1.82, 2.24) is 9.78 Å². The number of aryl methyl sites for hydroxylation is 1. The highest BCUT2D eigenvalue weighted by Crippen LogP contribution is 2.29. The number of amides is 1. The van der Waals surface area contributed by atoms with E-state index in [1.807, 2.05) is 0 Å². The summed E-state index contributed by atoms with van der Waals surface area (Å²) in [6.45, 7) is 0. The lowest BCUT2D eigenvalue weighted by Crippen LogP contribution is -2.17. The molecule has 5 nitrogen and oxygen atoms in total. The fraction of sp³-hybridized carbons (Fsp3) is 0.231. The first-order valence-corrected chi connectivity index (χ1v) is 6.24. The third kappa shape index (κ3) is 4.40. The summed E-state index contributed by atoms with van der Waals surface area (Å²) in [5.41, 5.74) is -1.52. The van der Waals surface area contributed by atoms with Gasteiger partial charge in [0.1, 0.15) is 11.4 Å². The molecule has 0 atom stereocenters. The van der Waals surface area contributed by atoms with Gasteiger partial charge in [0, 0.05) is 18.8 Å². The van der Waals surface area contributed by atoms with Gasteiger partial charge >= 0.3 is 12.5 Å². The number of carbonyl (C=O) groups is 1. The van der Waals surface area contributed by atoms with E-state index in [1.54, 1.807) is 0 Å². The summed E-state index contributed by atoms with van der Waals surface area (Å²) in [6.07, 6.45) is -9.56. The number of carbonyl (C=O) groups excluding carboxylic acids is 1. The number of benzene rings is 1. The molecule has 0 bridgehead atoms. The Kier molecular flexibility index (Phi) is 4.45. The Morgan fingerprint density at radius 1 is 1.12 bits per heavy atom. The van der Waals surface area contributed by atoms with E-state index in [0.29, 0.717) is 6.07 Å². The fourth-order valence-corrected chi connectivity index (χ4v) is 1.75. The second-order valence-corrected chi connectivity index (χ2v) is 4.56. The Hall–Kier alpha value is -2.72. The number of hydrogen-bond donors (Lipinski definition) is 1. The average Bonchev–Trinajstić information content (AvgIpc) is 2.81. The van der Waals surface area contributed by atoms with Gasteiger partial charge in [-0.2, -0.15) is 18.3 Å². The van der Waals surface area contributed by atoms with Crippen LogP contribution in [0.3, 0.4) is 0 Å². The van der Waals surface area contributed by atoms with E-state index in [2.05, 4.69) is 15.2 Å². The van der Waals surface area contributed by atoms with Crippen molar-refractivity contribution in [3.63, 3.8) is 0 Å². The largest absolute Gasteiger partial charge is 0.573 e. The van der Waals surface area contributed by atoms with Gasteiger partial charge in [-0.05, 0) is 24.3 Å². The van der Waals surface area contributed by atoms with Gasteiger partial charge in [-0.3, -0.25) is 9.48 Å². The molecule has 2 aromatic rings. The van der Waals surface area contributed by atoms with Crippen molar-refractivity contribution in [2.75, 3.05) is 5.32 Å². The van der Waals surface area contributed by atoms with Gasteiger partial charge in [0.25, 0.3) is 5.91 Å². The van der Waals surface area contributed by atoms with Gasteiger partial charge < -0.3 is 10.1 Å². The molecule has 0 aliphatic heterocycles. The highest BCUT2D eigenvalue weighted by atomic mass is 19.4. The third-order valence-electron chi connectivity index (χ3n) is 2.75. The van der Waals surface area contributed by atoms with Crippen molar-refractivity contribution in [3.8, 4) is 5.75 Å². The number of halogens is 6. The van der Waals surface area contributed by atoms with Gasteiger partial charge in [-0.15, -0.1) is 13.2 Å². The first-order valence-electron chi connectivity index (χ1n) is 6.24. The molecule has 0 spiro atoms. The zero-order chi connectivity index (χ0) is 18.1. The van der Waals surface area contributed by atoms with E-state index in [4.69, 9.17) is 0 Å². The van der Waals surface area contributed by atoms with Crippen molar-refractivity contribution in [3.05, 3.63) is 41.7 Å². The molecule has 0 aliphatic rings. The predicted octanol–water partition coefficient (Wildman–Crippen LogP) is 3.59. The summed E-state index contributed by atoms with van der Waals surface area (Å²) < 4.78 is 78.1. The van der Waals surface area contributed by atoms with E-state index in [1.165, 1.54) is 0 Å². The zero-order valence-electron chi connectivity index (χ0n) is 11.9. The van der Waals surface area contributed by atoms with Crippen LogP contribution in [-0.4, -0.2) is 22.1 Å². The van der Waals surface area contributed by atoms with Crippen molar-refractivity contribution >= 4 is 11.6 Å². The monoisotopic (exact) mass is 353 g/mol. The quantitative estimate of drug-likeness (QED) is 0.858. The van der Waals surface area contributed by atoms with Crippen LogP contribution in [0.2, 0.25) is 0 Å². The van der Waals surface area contributed by atoms with Crippen LogP contribution in [0.4, 0.5) is 32.0 Å². The van der Waals surface area contributed by atoms with Gasteiger partial charge in [-0.25, -0.2) is 0 Å². The SMILES string of the molecule is Cn1nc(C(F)(F)F)cc1C(=O)Nc1ccc(OC(F)(F)F)cc1. The van der Waals surface area contributed by atoms with Crippen molar-refractivity contribution < 1.29 is 35.9 Å². The van der Waals surface area contributed by atoms with Crippen LogP contribution in [0.1, 0.15) is 16.2 Å². The Balaban J connectivity index is 2.11. The zero-order valence-corrected chi connectivity index (χ0v) is 11.9. The highest BCUT2D eigenvalue weighted by Gasteiger charge is 2.35. The third-order valence-corrected chi connectivity index (χ3v) is 2.75. The van der Waals surface area contributed by atoms with Crippen molar-refractivity contribution in [1.29, 1.82) is 0 Å². The summed E-state index contributed by atoms with van der Waals surface area (Å²) in [5.74, 6) is -1.40. The molecule has 1 aromatic carbocycles. The van der Waals surface area contributed by atoms with E-state index in [9.17, 15) is 31.1 Å². The number of alkyl halides is 6. The number of rotatable bonds is 3. The van der Waals surface area contributed by atoms with Crippen LogP contribution in [0.15, 0.2) is 30.3 Å². The molecule has 130 valence electrons. The number of nitrogens with one attached hydrogen (secondary N) is 1. The second-order valence-electron chi connectivity index (χ2n) is 4.56. The molecular formula is C13H9F6N3O2. The summed E-state index contributed by atoms with van der Waals surface area (Å²) in [7, 11) is 1.16. The summed E-state index contributed by atoms with van der Waals surface area (Å²) in [4.78, 5) is 11.9.